The van der Waals surface area contributed by atoms with Gasteiger partial charge < -0.3 is 15.5 Å². The Kier molecular flexibility index (Phi) is 1.47. The lowest BCUT2D eigenvalue weighted by molar-refractivity contribution is 0.260. The standard InChI is InChI=1S/C8H11NO2/c10-3-5-1-2-6(4-11)8-7(5)9-8/h1-2,5-6,9-11H,3-4H2. The minimum Gasteiger partial charge on any atom is -0.395 e. The molecule has 0 aromatic carbocycles. The SMILES string of the molecule is OCC1C=CC(CO)C2=C1N2. The smallest absolute Gasteiger partial charge is 0.0549 e. The summed E-state index contributed by atoms with van der Waals surface area (Å²) >= 11 is 0. The van der Waals surface area contributed by atoms with Crippen LogP contribution in [0.15, 0.2) is 23.5 Å². The molecule has 0 aromatic rings. The van der Waals surface area contributed by atoms with Gasteiger partial charge in [0.15, 0.2) is 0 Å². The molecule has 0 bridgehead atoms. The highest BCUT2D eigenvalue weighted by atomic mass is 16.3. The highest BCUT2D eigenvalue weighted by Gasteiger charge is 2.34. The van der Waals surface area contributed by atoms with Crippen molar-refractivity contribution in [3.05, 3.63) is 23.5 Å². The fraction of sp³-hybridized carbons (Fsp3) is 0.500. The minimum atomic E-state index is 0.146. The number of hydrogen-bond donors (Lipinski definition) is 3. The molecule has 0 spiro atoms. The molecule has 2 aliphatic rings. The first-order valence-corrected chi connectivity index (χ1v) is 3.78. The van der Waals surface area contributed by atoms with Gasteiger partial charge in [-0.2, -0.15) is 0 Å². The van der Waals surface area contributed by atoms with E-state index in [1.165, 1.54) is 0 Å². The van der Waals surface area contributed by atoms with Gasteiger partial charge in [0.1, 0.15) is 0 Å². The number of aliphatic hydroxyl groups is 2. The second-order valence-electron chi connectivity index (χ2n) is 2.92. The first-order chi connectivity index (χ1) is 5.36. The molecule has 0 aromatic heterocycles. The van der Waals surface area contributed by atoms with Crippen LogP contribution in [0.5, 0.6) is 0 Å². The number of rotatable bonds is 2. The number of nitrogens with one attached hydrogen (secondary N) is 1. The zero-order valence-electron chi connectivity index (χ0n) is 6.12. The maximum absolute atomic E-state index is 8.86. The Labute approximate surface area is 65.0 Å². The van der Waals surface area contributed by atoms with Gasteiger partial charge >= 0.3 is 0 Å². The Morgan fingerprint density at radius 3 is 1.91 bits per heavy atom. The molecule has 1 aliphatic carbocycles. The lowest BCUT2D eigenvalue weighted by atomic mass is 9.97. The van der Waals surface area contributed by atoms with E-state index in [0.717, 1.165) is 11.4 Å². The maximum Gasteiger partial charge on any atom is 0.0549 e. The molecule has 0 saturated carbocycles. The molecule has 2 rings (SSSR count). The van der Waals surface area contributed by atoms with Gasteiger partial charge in [-0.05, 0) is 0 Å². The van der Waals surface area contributed by atoms with Crippen LogP contribution in [-0.4, -0.2) is 23.4 Å². The first kappa shape index (κ1) is 6.88. The van der Waals surface area contributed by atoms with E-state index >= 15 is 0 Å². The van der Waals surface area contributed by atoms with Crippen LogP contribution < -0.4 is 5.32 Å². The molecule has 60 valence electrons. The van der Waals surface area contributed by atoms with Crippen molar-refractivity contribution >= 4 is 0 Å². The fourth-order valence-corrected chi connectivity index (χ4v) is 1.46. The molecule has 2 unspecified atom stereocenters. The summed E-state index contributed by atoms with van der Waals surface area (Å²) in [7, 11) is 0. The second kappa shape index (κ2) is 2.36. The molecular formula is C8H11NO2. The molecule has 0 amide bonds. The quantitative estimate of drug-likeness (QED) is 0.472. The summed E-state index contributed by atoms with van der Waals surface area (Å²) in [6, 6.07) is 0. The zero-order chi connectivity index (χ0) is 7.84. The second-order valence-corrected chi connectivity index (χ2v) is 2.92. The van der Waals surface area contributed by atoms with Crippen LogP contribution >= 0.6 is 0 Å². The Balaban J connectivity index is 2.12. The van der Waals surface area contributed by atoms with Crippen molar-refractivity contribution < 1.29 is 10.2 Å². The van der Waals surface area contributed by atoms with Crippen LogP contribution in [0.3, 0.4) is 0 Å². The maximum atomic E-state index is 8.86. The number of aliphatic hydroxyl groups excluding tert-OH is 2. The van der Waals surface area contributed by atoms with Crippen molar-refractivity contribution in [3.63, 3.8) is 0 Å². The van der Waals surface area contributed by atoms with Crippen molar-refractivity contribution in [2.75, 3.05) is 13.2 Å². The summed E-state index contributed by atoms with van der Waals surface area (Å²) in [5.74, 6) is 0.292. The lowest BCUT2D eigenvalue weighted by Gasteiger charge is -2.08. The third-order valence-electron chi connectivity index (χ3n) is 2.21. The van der Waals surface area contributed by atoms with E-state index < -0.39 is 0 Å². The molecule has 0 radical (unpaired) electrons. The van der Waals surface area contributed by atoms with E-state index in [9.17, 15) is 0 Å². The van der Waals surface area contributed by atoms with E-state index in [2.05, 4.69) is 5.32 Å². The summed E-state index contributed by atoms with van der Waals surface area (Å²) in [5.41, 5.74) is 2.21. The highest BCUT2D eigenvalue weighted by Crippen LogP contribution is 2.35. The zero-order valence-corrected chi connectivity index (χ0v) is 6.12. The third-order valence-corrected chi connectivity index (χ3v) is 2.21. The van der Waals surface area contributed by atoms with Crippen molar-refractivity contribution in [1.29, 1.82) is 0 Å². The molecule has 1 aliphatic heterocycles. The van der Waals surface area contributed by atoms with Crippen molar-refractivity contribution in [1.82, 2.24) is 5.32 Å². The Bertz CT molecular complexity index is 210. The van der Waals surface area contributed by atoms with Gasteiger partial charge in [0, 0.05) is 23.2 Å². The average Bonchev–Trinajstić information content (AvgIpc) is 2.81. The molecule has 3 nitrogen and oxygen atoms in total. The van der Waals surface area contributed by atoms with Crippen molar-refractivity contribution in [2.45, 2.75) is 0 Å². The summed E-state index contributed by atoms with van der Waals surface area (Å²) < 4.78 is 0. The monoisotopic (exact) mass is 153 g/mol. The van der Waals surface area contributed by atoms with E-state index in [4.69, 9.17) is 10.2 Å². The highest BCUT2D eigenvalue weighted by molar-refractivity contribution is 5.42. The largest absolute Gasteiger partial charge is 0.395 e. The Morgan fingerprint density at radius 1 is 1.09 bits per heavy atom. The van der Waals surface area contributed by atoms with Crippen LogP contribution in [0.4, 0.5) is 0 Å². The predicted octanol–water partition coefficient (Wildman–Crippen LogP) is -0.412. The van der Waals surface area contributed by atoms with Crippen LogP contribution in [-0.2, 0) is 0 Å². The van der Waals surface area contributed by atoms with Crippen LogP contribution in [0.25, 0.3) is 0 Å². The molecule has 2 atom stereocenters. The fourth-order valence-electron chi connectivity index (χ4n) is 1.46. The summed E-state index contributed by atoms with van der Waals surface area (Å²) in [6.07, 6.45) is 3.89. The Morgan fingerprint density at radius 2 is 1.55 bits per heavy atom. The first-order valence-electron chi connectivity index (χ1n) is 3.78. The van der Waals surface area contributed by atoms with Crippen LogP contribution in [0.1, 0.15) is 0 Å². The molecule has 1 heterocycles. The van der Waals surface area contributed by atoms with Gasteiger partial charge in [0.25, 0.3) is 0 Å². The predicted molar refractivity (Wildman–Crippen MR) is 40.5 cm³/mol. The average molecular weight is 153 g/mol. The van der Waals surface area contributed by atoms with Gasteiger partial charge in [-0.15, -0.1) is 0 Å². The number of hydrogen-bond acceptors (Lipinski definition) is 3. The van der Waals surface area contributed by atoms with E-state index in [-0.39, 0.29) is 25.0 Å². The van der Waals surface area contributed by atoms with E-state index in [0.29, 0.717) is 0 Å². The molecular weight excluding hydrogens is 142 g/mol. The van der Waals surface area contributed by atoms with Crippen LogP contribution in [0.2, 0.25) is 0 Å². The topological polar surface area (TPSA) is 62.4 Å². The van der Waals surface area contributed by atoms with Crippen LogP contribution in [0, 0.1) is 11.8 Å². The summed E-state index contributed by atoms with van der Waals surface area (Å²) in [6.45, 7) is 0.307. The van der Waals surface area contributed by atoms with Gasteiger partial charge in [-0.3, -0.25) is 0 Å². The van der Waals surface area contributed by atoms with Gasteiger partial charge in [0.2, 0.25) is 0 Å². The van der Waals surface area contributed by atoms with E-state index in [1.807, 2.05) is 12.2 Å². The van der Waals surface area contributed by atoms with Crippen molar-refractivity contribution in [3.8, 4) is 0 Å². The third kappa shape index (κ3) is 0.968. The molecule has 0 saturated heterocycles. The Hall–Kier alpha value is -0.800. The molecule has 3 heteroatoms. The molecule has 0 fully saturated rings. The van der Waals surface area contributed by atoms with Crippen molar-refractivity contribution in [2.24, 2.45) is 11.8 Å². The normalized spacial score (nSPS) is 33.3. The minimum absolute atomic E-state index is 0.146. The van der Waals surface area contributed by atoms with Gasteiger partial charge in [0.05, 0.1) is 13.2 Å². The van der Waals surface area contributed by atoms with Gasteiger partial charge in [-0.25, -0.2) is 0 Å². The lowest BCUT2D eigenvalue weighted by Crippen LogP contribution is -2.07. The van der Waals surface area contributed by atoms with E-state index in [1.54, 1.807) is 0 Å². The summed E-state index contributed by atoms with van der Waals surface area (Å²) in [5, 5.41) is 20.8. The van der Waals surface area contributed by atoms with Gasteiger partial charge in [-0.1, -0.05) is 12.2 Å². The summed E-state index contributed by atoms with van der Waals surface area (Å²) in [4.78, 5) is 0. The molecule has 3 N–H and O–H groups in total. The molecule has 11 heavy (non-hydrogen) atoms.